The van der Waals surface area contributed by atoms with Gasteiger partial charge in [-0.3, -0.25) is 4.90 Å². The van der Waals surface area contributed by atoms with E-state index in [-0.39, 0.29) is 6.61 Å². The second kappa shape index (κ2) is 13.7. The molecule has 204 valence electrons. The lowest BCUT2D eigenvalue weighted by molar-refractivity contribution is 0.181. The number of rotatable bonds is 12. The summed E-state index contributed by atoms with van der Waals surface area (Å²) in [6.45, 7) is 6.05. The molecule has 0 unspecified atom stereocenters. The first kappa shape index (κ1) is 27.4. The van der Waals surface area contributed by atoms with Crippen LogP contribution in [-0.2, 0) is 26.2 Å². The number of aromatic nitrogens is 2. The van der Waals surface area contributed by atoms with Gasteiger partial charge in [0, 0.05) is 37.3 Å². The van der Waals surface area contributed by atoms with Gasteiger partial charge in [0.25, 0.3) is 0 Å². The van der Waals surface area contributed by atoms with Crippen molar-refractivity contribution in [1.82, 2.24) is 14.5 Å². The van der Waals surface area contributed by atoms with E-state index >= 15 is 0 Å². The molecular weight excluding hydrogens is 478 g/mol. The van der Waals surface area contributed by atoms with Gasteiger partial charge < -0.3 is 9.67 Å². The Morgan fingerprint density at radius 3 is 2.10 bits per heavy atom. The van der Waals surface area contributed by atoms with Crippen LogP contribution in [0.4, 0.5) is 0 Å². The van der Waals surface area contributed by atoms with Crippen LogP contribution in [0.1, 0.15) is 68.7 Å². The molecule has 1 aliphatic carbocycles. The second-order valence-electron chi connectivity index (χ2n) is 11.1. The lowest BCUT2D eigenvalue weighted by Gasteiger charge is -2.31. The quantitative estimate of drug-likeness (QED) is 0.205. The van der Waals surface area contributed by atoms with Crippen molar-refractivity contribution >= 4 is 0 Å². The maximum Gasteiger partial charge on any atom is 0.140 e. The third-order valence-electron chi connectivity index (χ3n) is 8.18. The molecule has 0 saturated heterocycles. The smallest absolute Gasteiger partial charge is 0.140 e. The Morgan fingerprint density at radius 2 is 1.44 bits per heavy atom. The van der Waals surface area contributed by atoms with Gasteiger partial charge in [0.2, 0.25) is 0 Å². The first-order valence-corrected chi connectivity index (χ1v) is 14.9. The van der Waals surface area contributed by atoms with Crippen molar-refractivity contribution in [2.75, 3.05) is 6.54 Å². The topological polar surface area (TPSA) is 41.3 Å². The summed E-state index contributed by atoms with van der Waals surface area (Å²) in [5.41, 5.74) is 6.98. The summed E-state index contributed by atoms with van der Waals surface area (Å²) in [5.74, 6) is 1.78. The Kier molecular flexibility index (Phi) is 9.63. The first-order valence-electron chi connectivity index (χ1n) is 14.9. The summed E-state index contributed by atoms with van der Waals surface area (Å²) in [5, 5.41) is 10.1. The van der Waals surface area contributed by atoms with E-state index in [1.54, 1.807) is 0 Å². The Hall–Kier alpha value is -3.21. The van der Waals surface area contributed by atoms with Gasteiger partial charge in [-0.2, -0.15) is 0 Å². The molecule has 1 heterocycles. The van der Waals surface area contributed by atoms with Crippen LogP contribution in [-0.4, -0.2) is 26.1 Å². The Balaban J connectivity index is 1.58. The van der Waals surface area contributed by atoms with Crippen LogP contribution in [0.3, 0.4) is 0 Å². The third-order valence-corrected chi connectivity index (χ3v) is 8.18. The van der Waals surface area contributed by atoms with Crippen LogP contribution >= 0.6 is 0 Å². The van der Waals surface area contributed by atoms with Crippen molar-refractivity contribution in [2.24, 2.45) is 5.92 Å². The Labute approximate surface area is 234 Å². The molecule has 0 atom stereocenters. The van der Waals surface area contributed by atoms with Gasteiger partial charge in [-0.15, -0.1) is 0 Å². The van der Waals surface area contributed by atoms with E-state index < -0.39 is 0 Å². The molecule has 0 bridgehead atoms. The molecule has 39 heavy (non-hydrogen) atoms. The van der Waals surface area contributed by atoms with E-state index in [1.807, 2.05) is 6.07 Å². The van der Waals surface area contributed by atoms with Crippen molar-refractivity contribution in [3.05, 3.63) is 102 Å². The SMILES string of the molecule is CCCCn1c(-c2ccccc2)nc(-c2ccccc2)c1CN(Cc1ccccc1CO)CC1CCCCC1. The predicted molar refractivity (Wildman–Crippen MR) is 161 cm³/mol. The maximum absolute atomic E-state index is 10.1. The molecule has 1 fully saturated rings. The van der Waals surface area contributed by atoms with Crippen LogP contribution in [0.15, 0.2) is 84.9 Å². The molecule has 5 rings (SSSR count). The molecule has 1 saturated carbocycles. The average Bonchev–Trinajstić information content (AvgIpc) is 3.35. The molecule has 3 aromatic carbocycles. The number of nitrogens with zero attached hydrogens (tertiary/aromatic N) is 3. The molecule has 0 aliphatic heterocycles. The average molecular weight is 522 g/mol. The number of aliphatic hydroxyl groups excluding tert-OH is 1. The van der Waals surface area contributed by atoms with Crippen molar-refractivity contribution in [1.29, 1.82) is 0 Å². The predicted octanol–water partition coefficient (Wildman–Crippen LogP) is 8.09. The molecule has 0 radical (unpaired) electrons. The van der Waals surface area contributed by atoms with Crippen molar-refractivity contribution in [3.8, 4) is 22.6 Å². The fourth-order valence-corrected chi connectivity index (χ4v) is 6.08. The largest absolute Gasteiger partial charge is 0.392 e. The van der Waals surface area contributed by atoms with Crippen molar-refractivity contribution < 1.29 is 5.11 Å². The number of hydrogen-bond donors (Lipinski definition) is 1. The maximum atomic E-state index is 10.1. The van der Waals surface area contributed by atoms with Crippen LogP contribution < -0.4 is 0 Å². The number of imidazole rings is 1. The van der Waals surface area contributed by atoms with Gasteiger partial charge in [0.15, 0.2) is 0 Å². The highest BCUT2D eigenvalue weighted by atomic mass is 16.3. The molecule has 0 amide bonds. The van der Waals surface area contributed by atoms with Gasteiger partial charge in [0.05, 0.1) is 18.0 Å². The zero-order valence-corrected chi connectivity index (χ0v) is 23.4. The molecular formula is C35H43N3O. The van der Waals surface area contributed by atoms with Crippen LogP contribution in [0.25, 0.3) is 22.6 Å². The van der Waals surface area contributed by atoms with Gasteiger partial charge in [-0.25, -0.2) is 4.98 Å². The van der Waals surface area contributed by atoms with Gasteiger partial charge >= 0.3 is 0 Å². The number of benzene rings is 3. The Morgan fingerprint density at radius 1 is 0.795 bits per heavy atom. The summed E-state index contributed by atoms with van der Waals surface area (Å²) in [6, 6.07) is 29.7. The van der Waals surface area contributed by atoms with Crippen LogP contribution in [0.2, 0.25) is 0 Å². The highest BCUT2D eigenvalue weighted by Crippen LogP contribution is 2.33. The standard InChI is InChI=1S/C35H43N3O/c1-2-3-23-38-33(34(29-17-9-5-10-18-29)36-35(38)30-19-11-6-12-20-30)26-37(24-28-15-7-4-8-16-28)25-31-21-13-14-22-32(31)27-39/h5-6,9-14,17-22,28,39H,2-4,7-8,15-16,23-27H2,1H3. The molecule has 1 aliphatic rings. The van der Waals surface area contributed by atoms with Crippen LogP contribution in [0.5, 0.6) is 0 Å². The van der Waals surface area contributed by atoms with Gasteiger partial charge in [0.1, 0.15) is 5.82 Å². The molecule has 1 N–H and O–H groups in total. The van der Waals surface area contributed by atoms with E-state index in [9.17, 15) is 5.11 Å². The van der Waals surface area contributed by atoms with Crippen molar-refractivity contribution in [3.63, 3.8) is 0 Å². The lowest BCUT2D eigenvalue weighted by Crippen LogP contribution is -2.31. The monoisotopic (exact) mass is 521 g/mol. The molecule has 0 spiro atoms. The van der Waals surface area contributed by atoms with Crippen LogP contribution in [0, 0.1) is 5.92 Å². The fraction of sp³-hybridized carbons (Fsp3) is 0.400. The highest BCUT2D eigenvalue weighted by Gasteiger charge is 2.24. The van der Waals surface area contributed by atoms with E-state index in [0.717, 1.165) is 62.0 Å². The number of hydrogen-bond acceptors (Lipinski definition) is 3. The number of aliphatic hydroxyl groups is 1. The molecule has 1 aromatic heterocycles. The van der Waals surface area contributed by atoms with Gasteiger partial charge in [-0.1, -0.05) is 118 Å². The summed E-state index contributed by atoms with van der Waals surface area (Å²) in [6.07, 6.45) is 8.94. The minimum absolute atomic E-state index is 0.0787. The lowest BCUT2D eigenvalue weighted by atomic mass is 9.88. The fourth-order valence-electron chi connectivity index (χ4n) is 6.08. The first-order chi connectivity index (χ1) is 19.3. The van der Waals surface area contributed by atoms with E-state index in [0.29, 0.717) is 0 Å². The highest BCUT2D eigenvalue weighted by molar-refractivity contribution is 5.68. The van der Waals surface area contributed by atoms with E-state index in [1.165, 1.54) is 54.5 Å². The normalized spacial score (nSPS) is 14.2. The summed E-state index contributed by atoms with van der Waals surface area (Å²) in [7, 11) is 0. The summed E-state index contributed by atoms with van der Waals surface area (Å²) in [4.78, 5) is 7.97. The molecule has 4 heteroatoms. The zero-order chi connectivity index (χ0) is 26.9. The number of unbranched alkanes of at least 4 members (excludes halogenated alkanes) is 1. The summed E-state index contributed by atoms with van der Waals surface area (Å²) >= 11 is 0. The minimum atomic E-state index is 0.0787. The van der Waals surface area contributed by atoms with E-state index in [4.69, 9.17) is 4.98 Å². The molecule has 4 aromatic rings. The second-order valence-corrected chi connectivity index (χ2v) is 11.1. The summed E-state index contributed by atoms with van der Waals surface area (Å²) < 4.78 is 2.49. The molecule has 4 nitrogen and oxygen atoms in total. The third kappa shape index (κ3) is 6.87. The zero-order valence-electron chi connectivity index (χ0n) is 23.4. The van der Waals surface area contributed by atoms with Crippen molar-refractivity contribution in [2.45, 2.75) is 78.1 Å². The minimum Gasteiger partial charge on any atom is -0.392 e. The Bertz CT molecular complexity index is 1290. The van der Waals surface area contributed by atoms with E-state index in [2.05, 4.69) is 95.3 Å². The van der Waals surface area contributed by atoms with Gasteiger partial charge in [-0.05, 0) is 36.3 Å².